The lowest BCUT2D eigenvalue weighted by atomic mass is 10.2. The molecular formula is C22H21N3O4. The molecule has 0 spiro atoms. The number of anilines is 3. The van der Waals surface area contributed by atoms with Gasteiger partial charge in [-0.2, -0.15) is 0 Å². The van der Waals surface area contributed by atoms with Crippen LogP contribution in [-0.2, 0) is 4.74 Å². The van der Waals surface area contributed by atoms with Gasteiger partial charge in [-0.1, -0.05) is 6.07 Å². The van der Waals surface area contributed by atoms with Gasteiger partial charge in [0.25, 0.3) is 5.91 Å². The first-order chi connectivity index (χ1) is 14.1. The average molecular weight is 391 g/mol. The van der Waals surface area contributed by atoms with E-state index in [2.05, 4.69) is 15.6 Å². The van der Waals surface area contributed by atoms with Crippen LogP contribution in [0.2, 0.25) is 0 Å². The van der Waals surface area contributed by atoms with Crippen molar-refractivity contribution in [3.05, 3.63) is 78.1 Å². The van der Waals surface area contributed by atoms with Crippen LogP contribution in [0.4, 0.5) is 17.1 Å². The highest BCUT2D eigenvalue weighted by Crippen LogP contribution is 2.19. The van der Waals surface area contributed by atoms with Crippen LogP contribution in [0.1, 0.15) is 27.8 Å². The molecule has 1 heterocycles. The second-order valence-corrected chi connectivity index (χ2v) is 6.04. The van der Waals surface area contributed by atoms with E-state index in [0.717, 1.165) is 5.69 Å². The molecule has 1 amide bonds. The van der Waals surface area contributed by atoms with E-state index in [-0.39, 0.29) is 17.6 Å². The van der Waals surface area contributed by atoms with E-state index in [1.807, 2.05) is 0 Å². The minimum absolute atomic E-state index is 0.288. The maximum atomic E-state index is 12.4. The van der Waals surface area contributed by atoms with Crippen LogP contribution in [-0.4, -0.2) is 30.6 Å². The Kier molecular flexibility index (Phi) is 6.42. The van der Waals surface area contributed by atoms with Gasteiger partial charge in [0, 0.05) is 17.4 Å². The predicted octanol–water partition coefficient (Wildman–Crippen LogP) is 4.26. The summed E-state index contributed by atoms with van der Waals surface area (Å²) < 4.78 is 10.1. The van der Waals surface area contributed by atoms with E-state index in [4.69, 9.17) is 9.47 Å². The molecule has 0 aliphatic carbocycles. The standard InChI is InChI=1S/C22H21N3O4/c1-3-29-22(27)15-7-9-16(10-8-15)24-18-11-12-20(23-14-18)21(26)25-17-5-4-6-19(13-17)28-2/h4-14,24H,3H2,1-2H3,(H,25,26). The monoisotopic (exact) mass is 391 g/mol. The molecule has 7 heteroatoms. The summed E-state index contributed by atoms with van der Waals surface area (Å²) in [6, 6.07) is 17.4. The van der Waals surface area contributed by atoms with Crippen molar-refractivity contribution in [3.8, 4) is 5.75 Å². The highest BCUT2D eigenvalue weighted by atomic mass is 16.5. The number of rotatable bonds is 7. The minimum Gasteiger partial charge on any atom is -0.497 e. The first-order valence-electron chi connectivity index (χ1n) is 9.04. The van der Waals surface area contributed by atoms with Crippen molar-refractivity contribution in [2.24, 2.45) is 0 Å². The van der Waals surface area contributed by atoms with Gasteiger partial charge in [-0.25, -0.2) is 9.78 Å². The molecule has 0 atom stereocenters. The number of hydrogen-bond donors (Lipinski definition) is 2. The van der Waals surface area contributed by atoms with Gasteiger partial charge in [0.2, 0.25) is 0 Å². The van der Waals surface area contributed by atoms with Crippen LogP contribution < -0.4 is 15.4 Å². The number of nitrogens with one attached hydrogen (secondary N) is 2. The first kappa shape index (κ1) is 19.9. The van der Waals surface area contributed by atoms with Crippen molar-refractivity contribution in [2.75, 3.05) is 24.4 Å². The highest BCUT2D eigenvalue weighted by Gasteiger charge is 2.09. The zero-order chi connectivity index (χ0) is 20.6. The number of esters is 1. The Morgan fingerprint density at radius 3 is 2.38 bits per heavy atom. The number of nitrogens with zero attached hydrogens (tertiary/aromatic N) is 1. The van der Waals surface area contributed by atoms with Crippen LogP contribution in [0.3, 0.4) is 0 Å². The van der Waals surface area contributed by atoms with Crippen LogP contribution in [0.15, 0.2) is 66.9 Å². The minimum atomic E-state index is -0.355. The van der Waals surface area contributed by atoms with Gasteiger partial charge in [-0.3, -0.25) is 4.79 Å². The van der Waals surface area contributed by atoms with Crippen LogP contribution in [0.5, 0.6) is 5.75 Å². The zero-order valence-electron chi connectivity index (χ0n) is 16.1. The van der Waals surface area contributed by atoms with Crippen LogP contribution in [0, 0.1) is 0 Å². The van der Waals surface area contributed by atoms with Gasteiger partial charge in [0.15, 0.2) is 0 Å². The quantitative estimate of drug-likeness (QED) is 0.585. The Morgan fingerprint density at radius 2 is 1.72 bits per heavy atom. The van der Waals surface area contributed by atoms with Gasteiger partial charge >= 0.3 is 5.97 Å². The SMILES string of the molecule is CCOC(=O)c1ccc(Nc2ccc(C(=O)Nc3cccc(OC)c3)nc2)cc1. The van der Waals surface area contributed by atoms with Gasteiger partial charge < -0.3 is 20.1 Å². The molecule has 0 aliphatic heterocycles. The zero-order valence-corrected chi connectivity index (χ0v) is 16.1. The fourth-order valence-electron chi connectivity index (χ4n) is 2.57. The van der Waals surface area contributed by atoms with E-state index < -0.39 is 0 Å². The Hall–Kier alpha value is -3.87. The normalized spacial score (nSPS) is 10.1. The number of aromatic nitrogens is 1. The highest BCUT2D eigenvalue weighted by molar-refractivity contribution is 6.03. The number of methoxy groups -OCH3 is 1. The smallest absolute Gasteiger partial charge is 0.338 e. The molecule has 3 aromatic rings. The maximum Gasteiger partial charge on any atom is 0.338 e. The summed E-state index contributed by atoms with van der Waals surface area (Å²) in [4.78, 5) is 28.2. The molecular weight excluding hydrogens is 370 g/mol. The predicted molar refractivity (Wildman–Crippen MR) is 111 cm³/mol. The second kappa shape index (κ2) is 9.36. The number of hydrogen-bond acceptors (Lipinski definition) is 6. The molecule has 0 bridgehead atoms. The second-order valence-electron chi connectivity index (χ2n) is 6.04. The van der Waals surface area contributed by atoms with Gasteiger partial charge in [0.1, 0.15) is 11.4 Å². The number of pyridine rings is 1. The summed E-state index contributed by atoms with van der Waals surface area (Å²) in [5.74, 6) is -0.0139. The third kappa shape index (κ3) is 5.32. The van der Waals surface area contributed by atoms with Crippen LogP contribution >= 0.6 is 0 Å². The fourth-order valence-corrected chi connectivity index (χ4v) is 2.57. The topological polar surface area (TPSA) is 89.5 Å². The van der Waals surface area contributed by atoms with Gasteiger partial charge in [0.05, 0.1) is 31.2 Å². The summed E-state index contributed by atoms with van der Waals surface area (Å²) in [5.41, 5.74) is 2.90. The van der Waals surface area contributed by atoms with Crippen molar-refractivity contribution in [3.63, 3.8) is 0 Å². The molecule has 2 N–H and O–H groups in total. The Bertz CT molecular complexity index is 986. The molecule has 148 valence electrons. The number of benzene rings is 2. The summed E-state index contributed by atoms with van der Waals surface area (Å²) in [6.45, 7) is 2.10. The van der Waals surface area contributed by atoms with Crippen molar-refractivity contribution < 1.29 is 19.1 Å². The summed E-state index contributed by atoms with van der Waals surface area (Å²) in [6.07, 6.45) is 1.57. The van der Waals surface area contributed by atoms with Gasteiger partial charge in [-0.05, 0) is 55.5 Å². The van der Waals surface area contributed by atoms with Gasteiger partial charge in [-0.15, -0.1) is 0 Å². The molecule has 3 rings (SSSR count). The molecule has 0 fully saturated rings. The summed E-state index contributed by atoms with van der Waals surface area (Å²) in [7, 11) is 1.57. The molecule has 1 aromatic heterocycles. The fraction of sp³-hybridized carbons (Fsp3) is 0.136. The number of ether oxygens (including phenoxy) is 2. The largest absolute Gasteiger partial charge is 0.497 e. The Balaban J connectivity index is 1.62. The Morgan fingerprint density at radius 1 is 0.966 bits per heavy atom. The van der Waals surface area contributed by atoms with E-state index in [0.29, 0.717) is 29.3 Å². The molecule has 0 unspecified atom stereocenters. The third-order valence-electron chi connectivity index (χ3n) is 4.01. The lowest BCUT2D eigenvalue weighted by Gasteiger charge is -2.09. The number of carbonyl (C=O) groups excluding carboxylic acids is 2. The average Bonchev–Trinajstić information content (AvgIpc) is 2.75. The lowest BCUT2D eigenvalue weighted by molar-refractivity contribution is 0.0526. The van der Waals surface area contributed by atoms with E-state index >= 15 is 0 Å². The number of carbonyl (C=O) groups is 2. The Labute approximate surface area is 168 Å². The van der Waals surface area contributed by atoms with Crippen molar-refractivity contribution in [2.45, 2.75) is 6.92 Å². The van der Waals surface area contributed by atoms with Crippen molar-refractivity contribution in [1.82, 2.24) is 4.98 Å². The van der Waals surface area contributed by atoms with Crippen molar-refractivity contribution >= 4 is 28.9 Å². The lowest BCUT2D eigenvalue weighted by Crippen LogP contribution is -2.13. The van der Waals surface area contributed by atoms with E-state index in [9.17, 15) is 9.59 Å². The first-order valence-corrected chi connectivity index (χ1v) is 9.04. The summed E-state index contributed by atoms with van der Waals surface area (Å²) in [5, 5.41) is 5.95. The molecule has 7 nitrogen and oxygen atoms in total. The molecule has 0 saturated carbocycles. The van der Waals surface area contributed by atoms with E-state index in [1.165, 1.54) is 0 Å². The number of amides is 1. The third-order valence-corrected chi connectivity index (χ3v) is 4.01. The molecule has 2 aromatic carbocycles. The van der Waals surface area contributed by atoms with Crippen LogP contribution in [0.25, 0.3) is 0 Å². The molecule has 0 radical (unpaired) electrons. The molecule has 0 saturated heterocycles. The summed E-state index contributed by atoms with van der Waals surface area (Å²) >= 11 is 0. The maximum absolute atomic E-state index is 12.4. The van der Waals surface area contributed by atoms with E-state index in [1.54, 1.807) is 80.9 Å². The molecule has 29 heavy (non-hydrogen) atoms. The molecule has 0 aliphatic rings. The van der Waals surface area contributed by atoms with Crippen molar-refractivity contribution in [1.29, 1.82) is 0 Å².